The first-order valence-electron chi connectivity index (χ1n) is 8.18. The van der Waals surface area contributed by atoms with Crippen LogP contribution in [0.25, 0.3) is 16.8 Å². The predicted octanol–water partition coefficient (Wildman–Crippen LogP) is 5.33. The Balaban J connectivity index is 2.55. The zero-order valence-corrected chi connectivity index (χ0v) is 14.4. The van der Waals surface area contributed by atoms with E-state index in [2.05, 4.69) is 61.4 Å². The maximum absolute atomic E-state index is 4.81. The molecule has 1 N–H and O–H groups in total. The van der Waals surface area contributed by atoms with Crippen molar-refractivity contribution in [3.8, 4) is 11.3 Å². The van der Waals surface area contributed by atoms with Crippen molar-refractivity contribution in [1.82, 2.24) is 9.97 Å². The van der Waals surface area contributed by atoms with Crippen LogP contribution in [-0.2, 0) is 0 Å². The molecule has 0 spiro atoms. The Hall–Kier alpha value is -2.42. The van der Waals surface area contributed by atoms with Gasteiger partial charge in [-0.1, -0.05) is 55.5 Å². The fourth-order valence-corrected chi connectivity index (χ4v) is 2.32. The number of allylic oxidation sites excluding steroid dienone is 4. The first-order valence-corrected chi connectivity index (χ1v) is 8.18. The molecule has 3 nitrogen and oxygen atoms in total. The third-order valence-electron chi connectivity index (χ3n) is 3.37. The highest BCUT2D eigenvalue weighted by Crippen LogP contribution is 2.27. The monoisotopic (exact) mass is 307 g/mol. The summed E-state index contributed by atoms with van der Waals surface area (Å²) in [4.78, 5) is 9.50. The number of nitrogens with zero attached hydrogens (tertiary/aromatic N) is 2. The van der Waals surface area contributed by atoms with Crippen LogP contribution in [-0.4, -0.2) is 16.0 Å². The van der Waals surface area contributed by atoms with E-state index in [1.165, 1.54) is 0 Å². The Morgan fingerprint density at radius 2 is 1.96 bits per heavy atom. The third-order valence-corrected chi connectivity index (χ3v) is 3.37. The van der Waals surface area contributed by atoms with Crippen LogP contribution in [0.4, 0.5) is 5.82 Å². The van der Waals surface area contributed by atoms with E-state index in [0.717, 1.165) is 34.8 Å². The van der Waals surface area contributed by atoms with Gasteiger partial charge in [0.25, 0.3) is 0 Å². The van der Waals surface area contributed by atoms with Crippen molar-refractivity contribution >= 4 is 11.4 Å². The van der Waals surface area contributed by atoms with Gasteiger partial charge in [0, 0.05) is 11.6 Å². The summed E-state index contributed by atoms with van der Waals surface area (Å²) in [5.41, 5.74) is 3.99. The van der Waals surface area contributed by atoms with E-state index in [-0.39, 0.29) is 0 Å². The Morgan fingerprint density at radius 3 is 2.57 bits per heavy atom. The molecule has 120 valence electrons. The Bertz CT molecular complexity index is 685. The van der Waals surface area contributed by atoms with Gasteiger partial charge < -0.3 is 5.32 Å². The van der Waals surface area contributed by atoms with Gasteiger partial charge in [-0.25, -0.2) is 4.98 Å². The second-order valence-corrected chi connectivity index (χ2v) is 5.67. The molecule has 0 radical (unpaired) electrons. The van der Waals surface area contributed by atoms with Crippen LogP contribution in [0.1, 0.15) is 39.8 Å². The number of hydrogen-bond acceptors (Lipinski definition) is 3. The van der Waals surface area contributed by atoms with Gasteiger partial charge in [-0.15, -0.1) is 0 Å². The van der Waals surface area contributed by atoms with Crippen LogP contribution in [0.15, 0.2) is 54.8 Å². The molecule has 2 aromatic rings. The van der Waals surface area contributed by atoms with Crippen LogP contribution in [0.3, 0.4) is 0 Å². The highest BCUT2D eigenvalue weighted by molar-refractivity contribution is 5.81. The van der Waals surface area contributed by atoms with Crippen molar-refractivity contribution in [3.63, 3.8) is 0 Å². The summed E-state index contributed by atoms with van der Waals surface area (Å²) >= 11 is 0. The summed E-state index contributed by atoms with van der Waals surface area (Å²) in [6, 6.07) is 10.5. The minimum atomic E-state index is 0.319. The van der Waals surface area contributed by atoms with Crippen molar-refractivity contribution in [1.29, 1.82) is 0 Å². The van der Waals surface area contributed by atoms with E-state index < -0.39 is 0 Å². The van der Waals surface area contributed by atoms with Crippen LogP contribution in [0.5, 0.6) is 0 Å². The topological polar surface area (TPSA) is 37.8 Å². The fraction of sp³-hybridized carbons (Fsp3) is 0.300. The Labute approximate surface area is 139 Å². The molecular formula is C20H25N3. The second-order valence-electron chi connectivity index (χ2n) is 5.67. The molecule has 0 unspecified atom stereocenters. The molecule has 0 saturated carbocycles. The number of aromatic nitrogens is 2. The summed E-state index contributed by atoms with van der Waals surface area (Å²) in [5, 5.41) is 3.33. The highest BCUT2D eigenvalue weighted by Gasteiger charge is 2.12. The summed E-state index contributed by atoms with van der Waals surface area (Å²) in [6.07, 6.45) is 9.15. The molecule has 0 saturated heterocycles. The van der Waals surface area contributed by atoms with Gasteiger partial charge in [-0.05, 0) is 32.8 Å². The van der Waals surface area contributed by atoms with E-state index in [1.807, 2.05) is 31.3 Å². The summed E-state index contributed by atoms with van der Waals surface area (Å²) in [6.45, 7) is 8.35. The maximum Gasteiger partial charge on any atom is 0.145 e. The summed E-state index contributed by atoms with van der Waals surface area (Å²) in [5.74, 6) is 0.803. The molecule has 0 fully saturated rings. The predicted molar refractivity (Wildman–Crippen MR) is 99.3 cm³/mol. The Morgan fingerprint density at radius 1 is 1.22 bits per heavy atom. The zero-order chi connectivity index (χ0) is 16.7. The van der Waals surface area contributed by atoms with Gasteiger partial charge in [-0.3, -0.25) is 4.98 Å². The molecule has 0 aliphatic rings. The molecule has 1 aromatic carbocycles. The van der Waals surface area contributed by atoms with Gasteiger partial charge in [-0.2, -0.15) is 0 Å². The molecule has 0 bridgehead atoms. The molecule has 2 rings (SSSR count). The fourth-order valence-electron chi connectivity index (χ4n) is 2.32. The van der Waals surface area contributed by atoms with Gasteiger partial charge >= 0.3 is 0 Å². The third kappa shape index (κ3) is 4.52. The molecular weight excluding hydrogens is 282 g/mol. The van der Waals surface area contributed by atoms with Gasteiger partial charge in [0.2, 0.25) is 0 Å². The lowest BCUT2D eigenvalue weighted by atomic mass is 10.0. The molecule has 0 atom stereocenters. The summed E-state index contributed by atoms with van der Waals surface area (Å²) in [7, 11) is 0. The first kappa shape index (κ1) is 16.9. The van der Waals surface area contributed by atoms with E-state index >= 15 is 0 Å². The van der Waals surface area contributed by atoms with Crippen molar-refractivity contribution in [2.24, 2.45) is 0 Å². The molecule has 0 aliphatic heterocycles. The largest absolute Gasteiger partial charge is 0.367 e. The Kier molecular flexibility index (Phi) is 6.10. The number of nitrogens with one attached hydrogen (secondary N) is 1. The standard InChI is InChI=1S/C20H25N3/c1-5-7-11-16(6-2)19-20(17-12-9-8-10-13-17)23-18(14-21-19)22-15(3)4/h6-15H,5H2,1-4H3,(H,22,23)/b11-7-,16-6+. The number of anilines is 1. The van der Waals surface area contributed by atoms with Crippen LogP contribution in [0.2, 0.25) is 0 Å². The molecule has 0 amide bonds. The molecule has 3 heteroatoms. The van der Waals surface area contributed by atoms with Crippen LogP contribution >= 0.6 is 0 Å². The minimum absolute atomic E-state index is 0.319. The van der Waals surface area contributed by atoms with Gasteiger partial charge in [0.05, 0.1) is 17.6 Å². The smallest absolute Gasteiger partial charge is 0.145 e. The summed E-state index contributed by atoms with van der Waals surface area (Å²) < 4.78 is 0. The molecule has 0 aliphatic carbocycles. The molecule has 1 aromatic heterocycles. The zero-order valence-electron chi connectivity index (χ0n) is 14.4. The van der Waals surface area contributed by atoms with Gasteiger partial charge in [0.1, 0.15) is 5.82 Å². The number of benzene rings is 1. The quantitative estimate of drug-likeness (QED) is 0.733. The highest BCUT2D eigenvalue weighted by atomic mass is 15.0. The number of rotatable bonds is 6. The number of hydrogen-bond donors (Lipinski definition) is 1. The minimum Gasteiger partial charge on any atom is -0.367 e. The lowest BCUT2D eigenvalue weighted by Crippen LogP contribution is -2.12. The average molecular weight is 307 g/mol. The maximum atomic E-state index is 4.81. The first-order chi connectivity index (χ1) is 11.2. The van der Waals surface area contributed by atoms with Crippen LogP contribution < -0.4 is 5.32 Å². The lowest BCUT2D eigenvalue weighted by Gasteiger charge is -2.14. The van der Waals surface area contributed by atoms with Crippen LogP contribution in [0, 0.1) is 0 Å². The normalized spacial score (nSPS) is 12.1. The van der Waals surface area contributed by atoms with E-state index in [1.54, 1.807) is 0 Å². The van der Waals surface area contributed by atoms with E-state index in [9.17, 15) is 0 Å². The molecule has 23 heavy (non-hydrogen) atoms. The van der Waals surface area contributed by atoms with Crippen molar-refractivity contribution in [2.75, 3.05) is 5.32 Å². The molecule has 1 heterocycles. The second kappa shape index (κ2) is 8.28. The van der Waals surface area contributed by atoms with Crippen molar-refractivity contribution in [3.05, 3.63) is 60.5 Å². The van der Waals surface area contributed by atoms with Crippen molar-refractivity contribution < 1.29 is 0 Å². The average Bonchev–Trinajstić information content (AvgIpc) is 2.56. The SMILES string of the molecule is C/C=C(\C=C/CC)c1ncc(NC(C)C)nc1-c1ccccc1. The van der Waals surface area contributed by atoms with E-state index in [0.29, 0.717) is 6.04 Å². The van der Waals surface area contributed by atoms with Crippen molar-refractivity contribution in [2.45, 2.75) is 40.2 Å². The van der Waals surface area contributed by atoms with E-state index in [4.69, 9.17) is 4.98 Å². The lowest BCUT2D eigenvalue weighted by molar-refractivity contribution is 0.885. The van der Waals surface area contributed by atoms with Gasteiger partial charge in [0.15, 0.2) is 0 Å².